The zero-order valence-corrected chi connectivity index (χ0v) is 14.8. The highest BCUT2D eigenvalue weighted by atomic mass is 32.1. The zero-order valence-electron chi connectivity index (χ0n) is 13.9. The van der Waals surface area contributed by atoms with E-state index in [1.54, 1.807) is 11.3 Å². The molecule has 0 spiro atoms. The van der Waals surface area contributed by atoms with E-state index in [2.05, 4.69) is 64.4 Å². The van der Waals surface area contributed by atoms with E-state index in [0.717, 1.165) is 6.54 Å². The highest BCUT2D eigenvalue weighted by molar-refractivity contribution is 7.09. The Morgan fingerprint density at radius 2 is 1.76 bits per heavy atom. The van der Waals surface area contributed by atoms with E-state index in [0.29, 0.717) is 5.92 Å². The van der Waals surface area contributed by atoms with Crippen LogP contribution in [0.5, 0.6) is 0 Å². The minimum absolute atomic E-state index is 0.201. The second kappa shape index (κ2) is 6.71. The van der Waals surface area contributed by atoms with Crippen molar-refractivity contribution in [3.05, 3.63) is 50.5 Å². The summed E-state index contributed by atoms with van der Waals surface area (Å²) < 4.78 is 0. The molecule has 1 aromatic heterocycles. The largest absolute Gasteiger partial charge is 0.305 e. The van der Waals surface area contributed by atoms with E-state index in [9.17, 15) is 0 Å². The van der Waals surface area contributed by atoms with E-state index >= 15 is 0 Å². The summed E-state index contributed by atoms with van der Waals surface area (Å²) in [7, 11) is 0. The molecule has 1 atom stereocenters. The average molecular weight is 302 g/mol. The van der Waals surface area contributed by atoms with Crippen LogP contribution in [0.4, 0.5) is 0 Å². The molecule has 0 saturated heterocycles. The fourth-order valence-electron chi connectivity index (χ4n) is 2.53. The first kappa shape index (κ1) is 16.2. The second-order valence-electron chi connectivity index (χ2n) is 6.05. The molecule has 0 saturated carbocycles. The number of nitrogens with zero attached hydrogens (tertiary/aromatic N) is 1. The lowest BCUT2D eigenvalue weighted by molar-refractivity contribution is 0.620. The third-order valence-corrected chi connectivity index (χ3v) is 4.91. The van der Waals surface area contributed by atoms with Crippen LogP contribution in [0.25, 0.3) is 0 Å². The Balaban J connectivity index is 2.45. The number of hydrogen-bond acceptors (Lipinski definition) is 3. The Bertz CT molecular complexity index is 614. The van der Waals surface area contributed by atoms with Gasteiger partial charge in [0.25, 0.3) is 0 Å². The topological polar surface area (TPSA) is 24.9 Å². The molecule has 1 N–H and O–H groups in total. The van der Waals surface area contributed by atoms with Gasteiger partial charge in [-0.1, -0.05) is 32.9 Å². The van der Waals surface area contributed by atoms with Crippen molar-refractivity contribution in [2.24, 2.45) is 0 Å². The Morgan fingerprint density at radius 3 is 2.33 bits per heavy atom. The van der Waals surface area contributed by atoms with Crippen LogP contribution in [-0.2, 0) is 0 Å². The predicted octanol–water partition coefficient (Wildman–Crippen LogP) is 4.89. The monoisotopic (exact) mass is 302 g/mol. The van der Waals surface area contributed by atoms with Crippen LogP contribution in [-0.4, -0.2) is 11.5 Å². The molecule has 3 heteroatoms. The molecule has 1 heterocycles. The van der Waals surface area contributed by atoms with Gasteiger partial charge in [0.2, 0.25) is 0 Å². The lowest BCUT2D eigenvalue weighted by atomic mass is 9.96. The van der Waals surface area contributed by atoms with Crippen LogP contribution in [0.15, 0.2) is 17.5 Å². The summed E-state index contributed by atoms with van der Waals surface area (Å²) in [5.74, 6) is 0.484. The number of benzene rings is 1. The fraction of sp³-hybridized carbons (Fsp3) is 0.500. The van der Waals surface area contributed by atoms with E-state index in [1.165, 1.54) is 33.0 Å². The smallest absolute Gasteiger partial charge is 0.114 e. The minimum atomic E-state index is 0.201. The minimum Gasteiger partial charge on any atom is -0.305 e. The molecule has 0 bridgehead atoms. The molecule has 2 rings (SSSR count). The first-order chi connectivity index (χ1) is 9.93. The van der Waals surface area contributed by atoms with Gasteiger partial charge in [-0.2, -0.15) is 0 Å². The molecule has 2 nitrogen and oxygen atoms in total. The summed E-state index contributed by atoms with van der Waals surface area (Å²) in [4.78, 5) is 4.85. The van der Waals surface area contributed by atoms with E-state index in [-0.39, 0.29) is 6.04 Å². The highest BCUT2D eigenvalue weighted by Gasteiger charge is 2.20. The fourth-order valence-corrected chi connectivity index (χ4v) is 3.60. The van der Waals surface area contributed by atoms with Crippen molar-refractivity contribution >= 4 is 11.3 Å². The molecule has 2 aromatic rings. The molecular weight excluding hydrogens is 276 g/mol. The Morgan fingerprint density at radius 1 is 1.10 bits per heavy atom. The summed E-state index contributed by atoms with van der Waals surface area (Å²) >= 11 is 1.77. The quantitative estimate of drug-likeness (QED) is 0.850. The summed E-state index contributed by atoms with van der Waals surface area (Å²) in [6, 6.07) is 4.80. The van der Waals surface area contributed by atoms with Gasteiger partial charge in [-0.15, -0.1) is 11.3 Å². The SMILES string of the molecule is CCNC(c1nc(C(C)C)cs1)c1cc(C)c(C)cc1C. The van der Waals surface area contributed by atoms with E-state index < -0.39 is 0 Å². The van der Waals surface area contributed by atoms with Crippen molar-refractivity contribution in [2.45, 2.75) is 53.5 Å². The van der Waals surface area contributed by atoms with Crippen molar-refractivity contribution in [1.29, 1.82) is 0 Å². The standard InChI is InChI=1S/C18H26N2S/c1-7-19-17(18-20-16(10-21-18)11(2)3)15-9-13(5)12(4)8-14(15)6/h8-11,17,19H,7H2,1-6H3. The molecular formula is C18H26N2S. The van der Waals surface area contributed by atoms with Crippen LogP contribution >= 0.6 is 11.3 Å². The average Bonchev–Trinajstić information content (AvgIpc) is 2.90. The summed E-state index contributed by atoms with van der Waals surface area (Å²) in [5, 5.41) is 6.97. The molecule has 0 aliphatic heterocycles. The number of aryl methyl sites for hydroxylation is 3. The predicted molar refractivity (Wildman–Crippen MR) is 92.4 cm³/mol. The van der Waals surface area contributed by atoms with Gasteiger partial charge in [0.1, 0.15) is 5.01 Å². The maximum absolute atomic E-state index is 4.85. The lowest BCUT2D eigenvalue weighted by Gasteiger charge is -2.20. The zero-order chi connectivity index (χ0) is 15.6. The van der Waals surface area contributed by atoms with E-state index in [4.69, 9.17) is 4.98 Å². The van der Waals surface area contributed by atoms with Gasteiger partial charge in [0.15, 0.2) is 0 Å². The van der Waals surface area contributed by atoms with Crippen molar-refractivity contribution in [3.8, 4) is 0 Å². The van der Waals surface area contributed by atoms with Gasteiger partial charge in [-0.25, -0.2) is 4.98 Å². The summed E-state index contributed by atoms with van der Waals surface area (Å²) in [6.07, 6.45) is 0. The number of aromatic nitrogens is 1. The molecule has 0 aliphatic carbocycles. The van der Waals surface area contributed by atoms with Gasteiger partial charge in [0, 0.05) is 5.38 Å². The first-order valence-corrected chi connectivity index (χ1v) is 8.58. The van der Waals surface area contributed by atoms with Gasteiger partial charge in [-0.3, -0.25) is 0 Å². The molecule has 1 unspecified atom stereocenters. The molecule has 0 amide bonds. The van der Waals surface area contributed by atoms with Gasteiger partial charge >= 0.3 is 0 Å². The third kappa shape index (κ3) is 3.53. The highest BCUT2D eigenvalue weighted by Crippen LogP contribution is 2.30. The number of rotatable bonds is 5. The number of hydrogen-bond donors (Lipinski definition) is 1. The van der Waals surface area contributed by atoms with Crippen LogP contribution in [0, 0.1) is 20.8 Å². The Labute approximate surface area is 132 Å². The maximum Gasteiger partial charge on any atom is 0.114 e. The number of thiazole rings is 1. The normalized spacial score (nSPS) is 12.9. The van der Waals surface area contributed by atoms with Gasteiger partial charge in [0.05, 0.1) is 11.7 Å². The van der Waals surface area contributed by atoms with Crippen molar-refractivity contribution in [1.82, 2.24) is 10.3 Å². The van der Waals surface area contributed by atoms with Gasteiger partial charge < -0.3 is 5.32 Å². The van der Waals surface area contributed by atoms with E-state index in [1.807, 2.05) is 0 Å². The maximum atomic E-state index is 4.85. The van der Waals surface area contributed by atoms with Crippen LogP contribution in [0.2, 0.25) is 0 Å². The molecule has 114 valence electrons. The van der Waals surface area contributed by atoms with Crippen molar-refractivity contribution in [2.75, 3.05) is 6.54 Å². The van der Waals surface area contributed by atoms with Crippen molar-refractivity contribution < 1.29 is 0 Å². The number of nitrogens with one attached hydrogen (secondary N) is 1. The Kier molecular flexibility index (Phi) is 5.17. The lowest BCUT2D eigenvalue weighted by Crippen LogP contribution is -2.23. The summed E-state index contributed by atoms with van der Waals surface area (Å²) in [5.41, 5.74) is 6.59. The molecule has 0 fully saturated rings. The van der Waals surface area contributed by atoms with Gasteiger partial charge in [-0.05, 0) is 55.5 Å². The van der Waals surface area contributed by atoms with Crippen LogP contribution in [0.3, 0.4) is 0 Å². The molecule has 1 aromatic carbocycles. The first-order valence-electron chi connectivity index (χ1n) is 7.70. The summed E-state index contributed by atoms with van der Waals surface area (Å²) in [6.45, 7) is 14.0. The molecule has 0 aliphatic rings. The molecule has 21 heavy (non-hydrogen) atoms. The third-order valence-electron chi connectivity index (χ3n) is 3.98. The molecule has 0 radical (unpaired) electrons. The Hall–Kier alpha value is -1.19. The van der Waals surface area contributed by atoms with Crippen molar-refractivity contribution in [3.63, 3.8) is 0 Å². The van der Waals surface area contributed by atoms with Crippen LogP contribution < -0.4 is 5.32 Å². The van der Waals surface area contributed by atoms with Crippen LogP contribution in [0.1, 0.15) is 65.7 Å². The second-order valence-corrected chi connectivity index (χ2v) is 6.94.